The number of carboxylic acid groups (broad SMARTS) is 1. The van der Waals surface area contributed by atoms with Gasteiger partial charge in [-0.1, -0.05) is 133 Å². The summed E-state index contributed by atoms with van der Waals surface area (Å²) in [7, 11) is 0. The molecule has 3 N–H and O–H groups in total. The first-order chi connectivity index (χ1) is 20.6. The van der Waals surface area contributed by atoms with E-state index in [0.717, 1.165) is 55.3 Å². The van der Waals surface area contributed by atoms with Crippen LogP contribution in [0, 0.1) is 0 Å². The van der Waals surface area contributed by atoms with Crippen molar-refractivity contribution in [1.29, 1.82) is 0 Å². The minimum absolute atomic E-state index is 0.137. The van der Waals surface area contributed by atoms with E-state index in [0.29, 0.717) is 5.56 Å². The molecule has 0 saturated heterocycles. The average molecular weight is 540 g/mol. The minimum Gasteiger partial charge on any atom is -0.478 e. The van der Waals surface area contributed by atoms with E-state index in [2.05, 4.69) is 72.8 Å². The molecule has 0 bridgehead atoms. The van der Waals surface area contributed by atoms with Gasteiger partial charge in [-0.25, -0.2) is 4.79 Å². The van der Waals surface area contributed by atoms with Gasteiger partial charge in [0.25, 0.3) is 0 Å². The highest BCUT2D eigenvalue weighted by molar-refractivity contribution is 6.27. The lowest BCUT2D eigenvalue weighted by Crippen LogP contribution is -2.09. The van der Waals surface area contributed by atoms with Crippen molar-refractivity contribution in [2.45, 2.75) is 0 Å². The van der Waals surface area contributed by atoms with Gasteiger partial charge < -0.3 is 10.8 Å². The van der Waals surface area contributed by atoms with Crippen LogP contribution in [0.3, 0.4) is 0 Å². The molecule has 1 aliphatic rings. The van der Waals surface area contributed by atoms with Crippen molar-refractivity contribution in [2.75, 3.05) is 5.73 Å². The highest BCUT2D eigenvalue weighted by Crippen LogP contribution is 2.58. The molecule has 1 aliphatic carbocycles. The van der Waals surface area contributed by atoms with Gasteiger partial charge in [0.2, 0.25) is 0 Å². The predicted octanol–water partition coefficient (Wildman–Crippen LogP) is 9.92. The standard InChI is InChI=1S/C39H25NO2/c40-38-33(25-14-5-2-6-15-25)36-31-22-21-28(27-18-9-16-23-11-7-8-17-26(23)27)29-19-10-20-30(34(29)31)35(36)32(37(38)39(41)42)24-12-3-1-4-13-24/h1-22H,40H2,(H,41,42). The molecule has 0 amide bonds. The van der Waals surface area contributed by atoms with Crippen LogP contribution >= 0.6 is 0 Å². The largest absolute Gasteiger partial charge is 0.478 e. The van der Waals surface area contributed by atoms with E-state index in [9.17, 15) is 9.90 Å². The van der Waals surface area contributed by atoms with Crippen LogP contribution in [0.4, 0.5) is 5.69 Å². The third kappa shape index (κ3) is 3.37. The Morgan fingerprint density at radius 2 is 0.976 bits per heavy atom. The maximum atomic E-state index is 13.0. The van der Waals surface area contributed by atoms with Gasteiger partial charge in [-0.15, -0.1) is 0 Å². The second-order valence-corrected chi connectivity index (χ2v) is 10.7. The maximum absolute atomic E-state index is 13.0. The Labute approximate surface area is 243 Å². The van der Waals surface area contributed by atoms with E-state index in [1.165, 1.54) is 16.3 Å². The van der Waals surface area contributed by atoms with E-state index < -0.39 is 5.97 Å². The van der Waals surface area contributed by atoms with Crippen LogP contribution in [-0.4, -0.2) is 11.1 Å². The van der Waals surface area contributed by atoms with Crippen LogP contribution in [-0.2, 0) is 0 Å². The first-order valence-electron chi connectivity index (χ1n) is 14.0. The molecule has 0 aromatic heterocycles. The fraction of sp³-hybridized carbons (Fsp3) is 0. The molecule has 0 aliphatic heterocycles. The van der Waals surface area contributed by atoms with Crippen LogP contribution in [0.25, 0.3) is 77.2 Å². The number of carboxylic acids is 1. The first-order valence-corrected chi connectivity index (χ1v) is 14.0. The fourth-order valence-electron chi connectivity index (χ4n) is 6.85. The van der Waals surface area contributed by atoms with E-state index in [1.807, 2.05) is 60.7 Å². The fourth-order valence-corrected chi connectivity index (χ4v) is 6.85. The van der Waals surface area contributed by atoms with Gasteiger partial charge in [-0.2, -0.15) is 0 Å². The number of fused-ring (bicyclic) bond motifs is 4. The second kappa shape index (κ2) is 9.18. The molecule has 0 radical (unpaired) electrons. The first kappa shape index (κ1) is 24.2. The van der Waals surface area contributed by atoms with Crippen molar-refractivity contribution in [3.8, 4) is 55.6 Å². The molecule has 0 unspecified atom stereocenters. The zero-order chi connectivity index (χ0) is 28.4. The number of hydrogen-bond acceptors (Lipinski definition) is 2. The Hall–Kier alpha value is -5.67. The zero-order valence-electron chi connectivity index (χ0n) is 22.6. The lowest BCUT2D eigenvalue weighted by atomic mass is 9.83. The SMILES string of the molecule is Nc1c(C(=O)O)c(-c2ccccc2)c2c(c1-c1ccccc1)-c1ccc(-c3cccc4ccccc34)c3cccc-2c13. The summed E-state index contributed by atoms with van der Waals surface area (Å²) in [6.45, 7) is 0. The second-order valence-electron chi connectivity index (χ2n) is 10.7. The number of aromatic carboxylic acids is 1. The highest BCUT2D eigenvalue weighted by Gasteiger charge is 2.34. The Kier molecular flexibility index (Phi) is 5.28. The zero-order valence-corrected chi connectivity index (χ0v) is 22.6. The summed E-state index contributed by atoms with van der Waals surface area (Å²) in [6, 6.07) is 45.3. The summed E-state index contributed by atoms with van der Waals surface area (Å²) in [5.41, 5.74) is 16.8. The van der Waals surface area contributed by atoms with E-state index in [1.54, 1.807) is 0 Å². The number of carbonyl (C=O) groups is 1. The summed E-state index contributed by atoms with van der Waals surface area (Å²) in [5, 5.41) is 15.3. The van der Waals surface area contributed by atoms with Gasteiger partial charge in [0.05, 0.1) is 11.3 Å². The van der Waals surface area contributed by atoms with Gasteiger partial charge in [-0.3, -0.25) is 0 Å². The van der Waals surface area contributed by atoms with E-state index in [4.69, 9.17) is 5.73 Å². The summed E-state index contributed by atoms with van der Waals surface area (Å²) in [6.07, 6.45) is 0. The third-order valence-electron chi connectivity index (χ3n) is 8.54. The van der Waals surface area contributed by atoms with Gasteiger partial charge in [0, 0.05) is 16.7 Å². The summed E-state index contributed by atoms with van der Waals surface area (Å²) >= 11 is 0. The Morgan fingerprint density at radius 1 is 0.476 bits per heavy atom. The summed E-state index contributed by atoms with van der Waals surface area (Å²) < 4.78 is 0. The number of anilines is 1. The maximum Gasteiger partial charge on any atom is 0.338 e. The predicted molar refractivity (Wildman–Crippen MR) is 174 cm³/mol. The number of hydrogen-bond donors (Lipinski definition) is 2. The van der Waals surface area contributed by atoms with Crippen LogP contribution in [0.2, 0.25) is 0 Å². The van der Waals surface area contributed by atoms with Gasteiger partial charge in [0.15, 0.2) is 0 Å². The normalized spacial score (nSPS) is 11.6. The molecule has 7 aromatic carbocycles. The molecule has 3 nitrogen and oxygen atoms in total. The van der Waals surface area contributed by atoms with Crippen LogP contribution < -0.4 is 5.73 Å². The monoisotopic (exact) mass is 539 g/mol. The number of nitrogens with two attached hydrogens (primary N) is 1. The van der Waals surface area contributed by atoms with E-state index in [-0.39, 0.29) is 11.3 Å². The van der Waals surface area contributed by atoms with E-state index >= 15 is 0 Å². The molecular formula is C39H25NO2. The van der Waals surface area contributed by atoms with Crippen molar-refractivity contribution in [3.05, 3.63) is 139 Å². The smallest absolute Gasteiger partial charge is 0.338 e. The summed E-state index contributed by atoms with van der Waals surface area (Å²) in [5.74, 6) is -1.04. The van der Waals surface area contributed by atoms with Gasteiger partial charge in [0.1, 0.15) is 0 Å². The molecule has 0 saturated carbocycles. The third-order valence-corrected chi connectivity index (χ3v) is 8.54. The van der Waals surface area contributed by atoms with Crippen molar-refractivity contribution < 1.29 is 9.90 Å². The Balaban J connectivity index is 1.55. The molecule has 3 heteroatoms. The molecular weight excluding hydrogens is 514 g/mol. The van der Waals surface area contributed by atoms with Crippen molar-refractivity contribution in [1.82, 2.24) is 0 Å². The number of nitrogen functional groups attached to an aromatic ring is 1. The number of rotatable bonds is 4. The lowest BCUT2D eigenvalue weighted by Gasteiger charge is -2.21. The topological polar surface area (TPSA) is 63.3 Å². The molecule has 0 fully saturated rings. The molecule has 42 heavy (non-hydrogen) atoms. The minimum atomic E-state index is -1.04. The lowest BCUT2D eigenvalue weighted by molar-refractivity contribution is 0.0699. The van der Waals surface area contributed by atoms with Gasteiger partial charge >= 0.3 is 5.97 Å². The van der Waals surface area contributed by atoms with Crippen LogP contribution in [0.15, 0.2) is 133 Å². The van der Waals surface area contributed by atoms with Crippen LogP contribution in [0.5, 0.6) is 0 Å². The molecule has 0 heterocycles. The highest BCUT2D eigenvalue weighted by atomic mass is 16.4. The molecule has 7 aromatic rings. The van der Waals surface area contributed by atoms with Gasteiger partial charge in [-0.05, 0) is 60.5 Å². The molecule has 0 atom stereocenters. The van der Waals surface area contributed by atoms with Crippen molar-refractivity contribution in [2.24, 2.45) is 0 Å². The summed E-state index contributed by atoms with van der Waals surface area (Å²) in [4.78, 5) is 13.0. The average Bonchev–Trinajstić information content (AvgIpc) is 3.36. The van der Waals surface area contributed by atoms with Crippen LogP contribution in [0.1, 0.15) is 10.4 Å². The quantitative estimate of drug-likeness (QED) is 0.219. The van der Waals surface area contributed by atoms with Crippen molar-refractivity contribution >= 4 is 33.2 Å². The number of benzene rings is 7. The molecule has 8 rings (SSSR count). The van der Waals surface area contributed by atoms with Crippen molar-refractivity contribution in [3.63, 3.8) is 0 Å². The molecule has 198 valence electrons. The molecule has 0 spiro atoms. The Bertz CT molecular complexity index is 2210. The Morgan fingerprint density at radius 3 is 1.71 bits per heavy atom.